The fourth-order valence-electron chi connectivity index (χ4n) is 8.22. The Morgan fingerprint density at radius 1 is 0.292 bits per heavy atom. The summed E-state index contributed by atoms with van der Waals surface area (Å²) in [6.45, 7) is 0. The summed E-state index contributed by atoms with van der Waals surface area (Å²) >= 11 is 0. The molecule has 0 saturated carbocycles. The summed E-state index contributed by atoms with van der Waals surface area (Å²) in [6.07, 6.45) is 0. The molecule has 230 valence electrons. The average molecular weight is 655 g/mol. The summed E-state index contributed by atoms with van der Waals surface area (Å²) in [5.41, 5.74) is 7.00. The maximum Gasteiger partial charge on any atom is 0.171 e. The first-order valence-corrected chi connectivity index (χ1v) is 19.8. The van der Waals surface area contributed by atoms with Crippen LogP contribution in [0.25, 0.3) is 0 Å². The van der Waals surface area contributed by atoms with Gasteiger partial charge in [-0.25, -0.2) is 0 Å². The minimum atomic E-state index is -3.29. The van der Waals surface area contributed by atoms with E-state index in [4.69, 9.17) is 0 Å². The van der Waals surface area contributed by atoms with Gasteiger partial charge < -0.3 is 9.13 Å². The molecule has 0 fully saturated rings. The van der Waals surface area contributed by atoms with Crippen molar-refractivity contribution in [2.24, 2.45) is 0 Å². The molecule has 7 aromatic carbocycles. The smallest absolute Gasteiger partial charge is 0.171 e. The Labute approximate surface area is 281 Å². The molecular formula is C44H32O2P2. The van der Waals surface area contributed by atoms with Gasteiger partial charge in [-0.2, -0.15) is 0 Å². The standard InChI is InChI=1S/C44H32O2P2/c45-47(31-17-5-1-6-18-31,32-19-7-2-8-20-32)39-29-15-27-37-42-36-26-14-13-25-35(36)41(43(37)39)38-28-16-30-40(44(38)42)48(46,33-21-9-3-10-22-33)34-23-11-4-12-24-34/h1-30,41-42H. The van der Waals surface area contributed by atoms with Crippen molar-refractivity contribution in [1.82, 2.24) is 0 Å². The first-order valence-electron chi connectivity index (χ1n) is 16.4. The summed E-state index contributed by atoms with van der Waals surface area (Å²) in [7, 11) is -6.57. The van der Waals surface area contributed by atoms with Crippen LogP contribution in [0.2, 0.25) is 0 Å². The van der Waals surface area contributed by atoms with E-state index >= 15 is 9.13 Å². The summed E-state index contributed by atoms with van der Waals surface area (Å²) in [5, 5.41) is 5.06. The zero-order valence-electron chi connectivity index (χ0n) is 26.2. The summed E-state index contributed by atoms with van der Waals surface area (Å²) in [5.74, 6) is -0.318. The van der Waals surface area contributed by atoms with Crippen LogP contribution in [0.15, 0.2) is 182 Å². The minimum absolute atomic E-state index is 0.159. The lowest BCUT2D eigenvalue weighted by Gasteiger charge is -2.45. The molecular weight excluding hydrogens is 622 g/mol. The summed E-state index contributed by atoms with van der Waals surface area (Å²) < 4.78 is 31.9. The Morgan fingerprint density at radius 3 is 0.875 bits per heavy atom. The van der Waals surface area contributed by atoms with Crippen molar-refractivity contribution in [1.29, 1.82) is 0 Å². The van der Waals surface area contributed by atoms with Crippen LogP contribution < -0.4 is 31.8 Å². The highest BCUT2D eigenvalue weighted by atomic mass is 31.2. The molecule has 0 radical (unpaired) electrons. The molecule has 10 rings (SSSR count). The van der Waals surface area contributed by atoms with Gasteiger partial charge >= 0.3 is 0 Å². The zero-order valence-corrected chi connectivity index (χ0v) is 28.0. The molecule has 3 aliphatic rings. The van der Waals surface area contributed by atoms with Gasteiger partial charge in [0.25, 0.3) is 0 Å². The van der Waals surface area contributed by atoms with Crippen LogP contribution in [0.3, 0.4) is 0 Å². The molecule has 0 saturated heterocycles. The lowest BCUT2D eigenvalue weighted by molar-refractivity contribution is 0.590. The lowest BCUT2D eigenvalue weighted by atomic mass is 9.61. The second-order valence-corrected chi connectivity index (χ2v) is 18.1. The van der Waals surface area contributed by atoms with Crippen LogP contribution in [0.1, 0.15) is 45.2 Å². The van der Waals surface area contributed by atoms with Gasteiger partial charge in [0.1, 0.15) is 0 Å². The highest BCUT2D eigenvalue weighted by molar-refractivity contribution is 7.85. The molecule has 7 aromatic rings. The molecule has 2 bridgehead atoms. The molecule has 2 atom stereocenters. The van der Waals surface area contributed by atoms with Crippen LogP contribution in [-0.4, -0.2) is 0 Å². The summed E-state index contributed by atoms with van der Waals surface area (Å²) in [6, 6.07) is 61.2. The van der Waals surface area contributed by atoms with Crippen molar-refractivity contribution in [2.75, 3.05) is 0 Å². The van der Waals surface area contributed by atoms with E-state index in [2.05, 4.69) is 60.7 Å². The van der Waals surface area contributed by atoms with E-state index in [1.807, 2.05) is 121 Å². The van der Waals surface area contributed by atoms with Crippen molar-refractivity contribution < 1.29 is 9.13 Å². The van der Waals surface area contributed by atoms with Crippen LogP contribution >= 0.6 is 14.3 Å². The number of rotatable bonds is 6. The normalized spacial score (nSPS) is 16.1. The van der Waals surface area contributed by atoms with Gasteiger partial charge in [0.05, 0.1) is 0 Å². The molecule has 2 unspecified atom stereocenters. The first-order chi connectivity index (χ1) is 23.6. The lowest BCUT2D eigenvalue weighted by Crippen LogP contribution is -2.39. The molecule has 0 aromatic heterocycles. The molecule has 0 amide bonds. The Hall–Kier alpha value is -5.00. The second-order valence-electron chi connectivity index (χ2n) is 12.6. The van der Waals surface area contributed by atoms with Crippen LogP contribution in [0, 0.1) is 0 Å². The van der Waals surface area contributed by atoms with Crippen molar-refractivity contribution in [2.45, 2.75) is 11.8 Å². The van der Waals surface area contributed by atoms with Crippen LogP contribution in [0.5, 0.6) is 0 Å². The van der Waals surface area contributed by atoms with Gasteiger partial charge in [-0.15, -0.1) is 0 Å². The second kappa shape index (κ2) is 11.3. The van der Waals surface area contributed by atoms with Crippen molar-refractivity contribution in [3.8, 4) is 0 Å². The maximum absolute atomic E-state index is 15.9. The molecule has 4 heteroatoms. The largest absolute Gasteiger partial charge is 0.309 e. The predicted octanol–water partition coefficient (Wildman–Crippen LogP) is 7.95. The Bertz CT molecular complexity index is 2150. The van der Waals surface area contributed by atoms with E-state index in [0.29, 0.717) is 0 Å². The topological polar surface area (TPSA) is 34.1 Å². The molecule has 3 aliphatic carbocycles. The van der Waals surface area contributed by atoms with E-state index in [1.165, 1.54) is 11.1 Å². The van der Waals surface area contributed by atoms with E-state index in [1.54, 1.807) is 0 Å². The Kier molecular flexibility index (Phi) is 6.87. The third-order valence-electron chi connectivity index (χ3n) is 10.2. The van der Waals surface area contributed by atoms with E-state index in [0.717, 1.165) is 54.1 Å². The van der Waals surface area contributed by atoms with E-state index in [-0.39, 0.29) is 11.8 Å². The average Bonchev–Trinajstić information content (AvgIpc) is 3.18. The van der Waals surface area contributed by atoms with Gasteiger partial charge in [0.2, 0.25) is 0 Å². The maximum atomic E-state index is 15.9. The monoisotopic (exact) mass is 654 g/mol. The van der Waals surface area contributed by atoms with Gasteiger partial charge in [-0.05, 0) is 33.4 Å². The third-order valence-corrected chi connectivity index (χ3v) is 16.4. The predicted molar refractivity (Wildman–Crippen MR) is 200 cm³/mol. The Morgan fingerprint density at radius 2 is 0.562 bits per heavy atom. The van der Waals surface area contributed by atoms with Crippen LogP contribution in [-0.2, 0) is 9.13 Å². The molecule has 0 aliphatic heterocycles. The molecule has 0 spiro atoms. The third kappa shape index (κ3) is 4.13. The Balaban J connectivity index is 1.36. The van der Waals surface area contributed by atoms with Gasteiger partial charge in [-0.3, -0.25) is 0 Å². The highest BCUT2D eigenvalue weighted by Gasteiger charge is 2.48. The zero-order chi connectivity index (χ0) is 32.3. The summed E-state index contributed by atoms with van der Waals surface area (Å²) in [4.78, 5) is 0. The van der Waals surface area contributed by atoms with E-state index in [9.17, 15) is 0 Å². The quantitative estimate of drug-likeness (QED) is 0.171. The molecule has 48 heavy (non-hydrogen) atoms. The van der Waals surface area contributed by atoms with E-state index < -0.39 is 14.3 Å². The van der Waals surface area contributed by atoms with Gasteiger partial charge in [0.15, 0.2) is 14.3 Å². The molecule has 0 N–H and O–H groups in total. The first kappa shape index (κ1) is 29.2. The SMILES string of the molecule is O=P(c1ccccc1)(c1ccccc1)c1cccc2c1C1c3ccccc3C2c2c1cccc2P(=O)(c1ccccc1)c1ccccc1. The number of benzene rings is 7. The van der Waals surface area contributed by atoms with Crippen molar-refractivity contribution >= 4 is 46.1 Å². The van der Waals surface area contributed by atoms with Crippen molar-refractivity contribution in [3.05, 3.63) is 215 Å². The highest BCUT2D eigenvalue weighted by Crippen LogP contribution is 2.59. The molecule has 0 heterocycles. The number of hydrogen-bond donors (Lipinski definition) is 0. The van der Waals surface area contributed by atoms with Gasteiger partial charge in [-0.1, -0.05) is 182 Å². The van der Waals surface area contributed by atoms with Crippen LogP contribution in [0.4, 0.5) is 0 Å². The fraction of sp³-hybridized carbons (Fsp3) is 0.0455. The number of hydrogen-bond acceptors (Lipinski definition) is 2. The molecule has 2 nitrogen and oxygen atoms in total. The van der Waals surface area contributed by atoms with Gasteiger partial charge in [0, 0.05) is 43.7 Å². The van der Waals surface area contributed by atoms with Crippen molar-refractivity contribution in [3.63, 3.8) is 0 Å². The minimum Gasteiger partial charge on any atom is -0.309 e. The fourth-order valence-corrected chi connectivity index (χ4v) is 14.1.